The van der Waals surface area contributed by atoms with Crippen molar-refractivity contribution >= 4 is 11.7 Å². The molecule has 0 aliphatic rings. The van der Waals surface area contributed by atoms with Gasteiger partial charge < -0.3 is 10.6 Å². The van der Waals surface area contributed by atoms with Gasteiger partial charge in [-0.3, -0.25) is 0 Å². The predicted octanol–water partition coefficient (Wildman–Crippen LogP) is 2.31. The van der Waals surface area contributed by atoms with E-state index in [0.29, 0.717) is 0 Å². The van der Waals surface area contributed by atoms with E-state index in [1.165, 1.54) is 5.56 Å². The molecule has 1 rings (SSSR count). The number of urea groups is 1. The lowest BCUT2D eigenvalue weighted by Crippen LogP contribution is -2.24. The van der Waals surface area contributed by atoms with Crippen LogP contribution in [0.4, 0.5) is 10.5 Å². The number of carbonyl (C=O) groups excluding carboxylic acids is 1. The maximum atomic E-state index is 11.1. The first-order chi connectivity index (χ1) is 6.67. The monoisotopic (exact) mass is 192 g/mol. The molecule has 0 radical (unpaired) electrons. The van der Waals surface area contributed by atoms with Gasteiger partial charge >= 0.3 is 6.03 Å². The molecule has 14 heavy (non-hydrogen) atoms. The summed E-state index contributed by atoms with van der Waals surface area (Å²) >= 11 is 0. The molecule has 0 saturated carbocycles. The molecule has 0 heterocycles. The van der Waals surface area contributed by atoms with Crippen molar-refractivity contribution in [2.24, 2.45) is 0 Å². The third kappa shape index (κ3) is 2.49. The number of benzene rings is 1. The Morgan fingerprint density at radius 2 is 2.14 bits per heavy atom. The second-order valence-electron chi connectivity index (χ2n) is 3.21. The molecule has 0 bridgehead atoms. The van der Waals surface area contributed by atoms with Gasteiger partial charge in [0.05, 0.1) is 0 Å². The summed E-state index contributed by atoms with van der Waals surface area (Å²) in [4.78, 5) is 11.1. The second-order valence-corrected chi connectivity index (χ2v) is 3.21. The second kappa shape index (κ2) is 4.65. The van der Waals surface area contributed by atoms with Crippen LogP contribution >= 0.6 is 0 Å². The number of amides is 2. The van der Waals surface area contributed by atoms with Crippen molar-refractivity contribution in [2.75, 3.05) is 12.4 Å². The van der Waals surface area contributed by atoms with Crippen LogP contribution in [0.15, 0.2) is 18.2 Å². The highest BCUT2D eigenvalue weighted by atomic mass is 16.2. The van der Waals surface area contributed by atoms with Crippen molar-refractivity contribution in [3.8, 4) is 0 Å². The zero-order chi connectivity index (χ0) is 10.6. The van der Waals surface area contributed by atoms with Gasteiger partial charge in [0.25, 0.3) is 0 Å². The molecule has 2 amide bonds. The number of rotatable bonds is 2. The van der Waals surface area contributed by atoms with Gasteiger partial charge in [0.1, 0.15) is 0 Å². The van der Waals surface area contributed by atoms with Crippen molar-refractivity contribution in [1.29, 1.82) is 0 Å². The molecule has 0 fully saturated rings. The van der Waals surface area contributed by atoms with Gasteiger partial charge in [-0.05, 0) is 30.5 Å². The number of aryl methyl sites for hydroxylation is 2. The first-order valence-electron chi connectivity index (χ1n) is 4.75. The molecule has 0 saturated heterocycles. The van der Waals surface area contributed by atoms with E-state index in [9.17, 15) is 4.79 Å². The van der Waals surface area contributed by atoms with Crippen molar-refractivity contribution in [3.05, 3.63) is 29.3 Å². The van der Waals surface area contributed by atoms with Crippen LogP contribution in [0.2, 0.25) is 0 Å². The summed E-state index contributed by atoms with van der Waals surface area (Å²) in [6.45, 7) is 4.10. The van der Waals surface area contributed by atoms with E-state index in [2.05, 4.69) is 23.6 Å². The molecule has 0 aliphatic carbocycles. The lowest BCUT2D eigenvalue weighted by atomic mass is 10.1. The quantitative estimate of drug-likeness (QED) is 0.741. The van der Waals surface area contributed by atoms with Gasteiger partial charge in [-0.2, -0.15) is 0 Å². The van der Waals surface area contributed by atoms with Crippen LogP contribution in [-0.4, -0.2) is 13.1 Å². The van der Waals surface area contributed by atoms with Gasteiger partial charge in [0, 0.05) is 12.7 Å². The maximum Gasteiger partial charge on any atom is 0.318 e. The normalized spacial score (nSPS) is 9.64. The molecular weight excluding hydrogens is 176 g/mol. The largest absolute Gasteiger partial charge is 0.341 e. The fourth-order valence-corrected chi connectivity index (χ4v) is 1.27. The summed E-state index contributed by atoms with van der Waals surface area (Å²) in [5.74, 6) is 0. The SMILES string of the molecule is CCc1ccc(NC(=O)NC)c(C)c1. The summed E-state index contributed by atoms with van der Waals surface area (Å²) in [6.07, 6.45) is 1.01. The molecule has 3 nitrogen and oxygen atoms in total. The van der Waals surface area contributed by atoms with Crippen molar-refractivity contribution in [3.63, 3.8) is 0 Å². The Balaban J connectivity index is 2.83. The third-order valence-corrected chi connectivity index (χ3v) is 2.17. The van der Waals surface area contributed by atoms with Crippen molar-refractivity contribution < 1.29 is 4.79 Å². The first-order valence-corrected chi connectivity index (χ1v) is 4.75. The molecule has 76 valence electrons. The summed E-state index contributed by atoms with van der Waals surface area (Å²) in [5, 5.41) is 5.28. The highest BCUT2D eigenvalue weighted by Crippen LogP contribution is 2.16. The minimum atomic E-state index is -0.183. The molecule has 3 heteroatoms. The summed E-state index contributed by atoms with van der Waals surface area (Å²) < 4.78 is 0. The predicted molar refractivity (Wildman–Crippen MR) is 58.6 cm³/mol. The van der Waals surface area contributed by atoms with Crippen molar-refractivity contribution in [2.45, 2.75) is 20.3 Å². The Morgan fingerprint density at radius 1 is 1.43 bits per heavy atom. The molecule has 0 atom stereocenters. The van der Waals surface area contributed by atoms with Crippen LogP contribution in [0, 0.1) is 6.92 Å². The van der Waals surface area contributed by atoms with Crippen LogP contribution in [0.25, 0.3) is 0 Å². The van der Waals surface area contributed by atoms with Gasteiger partial charge in [-0.1, -0.05) is 19.1 Å². The minimum absolute atomic E-state index is 0.183. The van der Waals surface area contributed by atoms with Crippen LogP contribution < -0.4 is 10.6 Å². The summed E-state index contributed by atoms with van der Waals surface area (Å²) in [5.41, 5.74) is 3.24. The minimum Gasteiger partial charge on any atom is -0.341 e. The van der Waals surface area contributed by atoms with E-state index in [1.54, 1.807) is 7.05 Å². The maximum absolute atomic E-state index is 11.1. The van der Waals surface area contributed by atoms with Crippen LogP contribution in [0.3, 0.4) is 0 Å². The van der Waals surface area contributed by atoms with Crippen LogP contribution in [-0.2, 0) is 6.42 Å². The number of hydrogen-bond acceptors (Lipinski definition) is 1. The molecule has 0 spiro atoms. The van der Waals surface area contributed by atoms with Crippen LogP contribution in [0.5, 0.6) is 0 Å². The van der Waals surface area contributed by atoms with Gasteiger partial charge in [0.2, 0.25) is 0 Å². The van der Waals surface area contributed by atoms with E-state index in [-0.39, 0.29) is 6.03 Å². The Morgan fingerprint density at radius 3 is 2.64 bits per heavy atom. The lowest BCUT2D eigenvalue weighted by molar-refractivity contribution is 0.254. The fraction of sp³-hybridized carbons (Fsp3) is 0.364. The highest BCUT2D eigenvalue weighted by molar-refractivity contribution is 5.89. The van der Waals surface area contributed by atoms with Crippen LogP contribution in [0.1, 0.15) is 18.1 Å². The van der Waals surface area contributed by atoms with E-state index in [1.807, 2.05) is 19.1 Å². The fourth-order valence-electron chi connectivity index (χ4n) is 1.27. The summed E-state index contributed by atoms with van der Waals surface area (Å²) in [6, 6.07) is 5.87. The zero-order valence-electron chi connectivity index (χ0n) is 8.85. The van der Waals surface area contributed by atoms with E-state index >= 15 is 0 Å². The first kappa shape index (κ1) is 10.6. The number of anilines is 1. The van der Waals surface area contributed by atoms with E-state index in [0.717, 1.165) is 17.7 Å². The van der Waals surface area contributed by atoms with Crippen molar-refractivity contribution in [1.82, 2.24) is 5.32 Å². The molecule has 2 N–H and O–H groups in total. The molecular formula is C11H16N2O. The Bertz CT molecular complexity index is 334. The Kier molecular flexibility index (Phi) is 3.51. The number of carbonyl (C=O) groups is 1. The molecule has 0 unspecified atom stereocenters. The smallest absolute Gasteiger partial charge is 0.318 e. The molecule has 0 aromatic heterocycles. The van der Waals surface area contributed by atoms with Gasteiger partial charge in [0.15, 0.2) is 0 Å². The lowest BCUT2D eigenvalue weighted by Gasteiger charge is -2.08. The molecule has 0 aliphatic heterocycles. The zero-order valence-corrected chi connectivity index (χ0v) is 8.85. The molecule has 1 aromatic carbocycles. The Hall–Kier alpha value is -1.51. The summed E-state index contributed by atoms with van der Waals surface area (Å²) in [7, 11) is 1.60. The topological polar surface area (TPSA) is 41.1 Å². The standard InChI is InChI=1S/C11H16N2O/c1-4-9-5-6-10(8(2)7-9)13-11(14)12-3/h5-7H,4H2,1-3H3,(H2,12,13,14). The average molecular weight is 192 g/mol. The number of nitrogens with one attached hydrogen (secondary N) is 2. The van der Waals surface area contributed by atoms with Gasteiger partial charge in [-0.25, -0.2) is 4.79 Å². The number of hydrogen-bond donors (Lipinski definition) is 2. The average Bonchev–Trinajstić information content (AvgIpc) is 2.20. The Labute approximate surface area is 84.5 Å². The van der Waals surface area contributed by atoms with Gasteiger partial charge in [-0.15, -0.1) is 0 Å². The molecule has 1 aromatic rings. The highest BCUT2D eigenvalue weighted by Gasteiger charge is 2.02. The van der Waals surface area contributed by atoms with E-state index < -0.39 is 0 Å². The van der Waals surface area contributed by atoms with E-state index in [4.69, 9.17) is 0 Å². The third-order valence-electron chi connectivity index (χ3n) is 2.17.